The number of aromatic carboxylic acids is 1. The molecule has 0 aliphatic carbocycles. The van der Waals surface area contributed by atoms with E-state index in [1.165, 1.54) is 0 Å². The summed E-state index contributed by atoms with van der Waals surface area (Å²) in [6.07, 6.45) is 0.851. The van der Waals surface area contributed by atoms with Gasteiger partial charge in [-0.1, -0.05) is 13.0 Å². The summed E-state index contributed by atoms with van der Waals surface area (Å²) in [7, 11) is 0. The molecule has 82 valence electrons. The van der Waals surface area contributed by atoms with E-state index in [1.54, 1.807) is 12.1 Å². The van der Waals surface area contributed by atoms with Gasteiger partial charge in [0.15, 0.2) is 0 Å². The van der Waals surface area contributed by atoms with E-state index >= 15 is 0 Å². The third-order valence-electron chi connectivity index (χ3n) is 2.05. The summed E-state index contributed by atoms with van der Waals surface area (Å²) < 4.78 is 5.47. The van der Waals surface area contributed by atoms with E-state index in [0.717, 1.165) is 12.0 Å². The second-order valence-corrected chi connectivity index (χ2v) is 3.66. The average Bonchev–Trinajstić information content (AvgIpc) is 2.16. The van der Waals surface area contributed by atoms with Crippen LogP contribution in [0.2, 0.25) is 0 Å². The Morgan fingerprint density at radius 3 is 2.60 bits per heavy atom. The molecule has 3 heteroatoms. The fraction of sp³-hybridized carbons (Fsp3) is 0.417. The van der Waals surface area contributed by atoms with Crippen molar-refractivity contribution in [1.29, 1.82) is 0 Å². The van der Waals surface area contributed by atoms with Crippen molar-refractivity contribution < 1.29 is 14.6 Å². The maximum absolute atomic E-state index is 10.9. The van der Waals surface area contributed by atoms with Gasteiger partial charge in [-0.25, -0.2) is 4.79 Å². The molecule has 1 rings (SSSR count). The predicted molar refractivity (Wildman–Crippen MR) is 58.5 cm³/mol. The second kappa shape index (κ2) is 4.82. The molecule has 0 unspecified atom stereocenters. The fourth-order valence-corrected chi connectivity index (χ4v) is 1.31. The van der Waals surface area contributed by atoms with E-state index in [4.69, 9.17) is 9.84 Å². The van der Waals surface area contributed by atoms with Gasteiger partial charge < -0.3 is 9.84 Å². The highest BCUT2D eigenvalue weighted by molar-refractivity contribution is 5.91. The van der Waals surface area contributed by atoms with Crippen LogP contribution in [-0.2, 0) is 6.42 Å². The van der Waals surface area contributed by atoms with Gasteiger partial charge in [0.05, 0.1) is 6.10 Å². The number of rotatable bonds is 4. The number of carboxylic acids is 1. The third kappa shape index (κ3) is 2.98. The lowest BCUT2D eigenvalue weighted by Gasteiger charge is -2.13. The smallest absolute Gasteiger partial charge is 0.339 e. The molecule has 1 aromatic rings. The van der Waals surface area contributed by atoms with Crippen LogP contribution in [-0.4, -0.2) is 17.2 Å². The maximum atomic E-state index is 10.9. The molecule has 0 radical (unpaired) electrons. The summed E-state index contributed by atoms with van der Waals surface area (Å²) >= 11 is 0. The monoisotopic (exact) mass is 208 g/mol. The van der Waals surface area contributed by atoms with Crippen molar-refractivity contribution >= 4 is 5.97 Å². The number of hydrogen-bond donors (Lipinski definition) is 1. The molecule has 0 heterocycles. The van der Waals surface area contributed by atoms with Gasteiger partial charge >= 0.3 is 5.97 Å². The average molecular weight is 208 g/mol. The van der Waals surface area contributed by atoms with Crippen molar-refractivity contribution in [2.24, 2.45) is 0 Å². The minimum atomic E-state index is -0.951. The van der Waals surface area contributed by atoms with Crippen molar-refractivity contribution in [3.8, 4) is 5.75 Å². The molecule has 0 saturated carbocycles. The third-order valence-corrected chi connectivity index (χ3v) is 2.05. The highest BCUT2D eigenvalue weighted by Crippen LogP contribution is 2.22. The minimum Gasteiger partial charge on any atom is -0.490 e. The Balaban J connectivity index is 3.10. The van der Waals surface area contributed by atoms with Crippen LogP contribution < -0.4 is 4.74 Å². The van der Waals surface area contributed by atoms with Crippen LogP contribution in [0.3, 0.4) is 0 Å². The molecule has 0 saturated heterocycles. The summed E-state index contributed by atoms with van der Waals surface area (Å²) in [5, 5.41) is 8.96. The molecule has 0 amide bonds. The Hall–Kier alpha value is -1.51. The fourth-order valence-electron chi connectivity index (χ4n) is 1.31. The van der Waals surface area contributed by atoms with Crippen LogP contribution in [0.15, 0.2) is 18.2 Å². The van der Waals surface area contributed by atoms with Crippen molar-refractivity contribution in [1.82, 2.24) is 0 Å². The van der Waals surface area contributed by atoms with Gasteiger partial charge in [-0.3, -0.25) is 0 Å². The quantitative estimate of drug-likeness (QED) is 0.827. The van der Waals surface area contributed by atoms with Gasteiger partial charge in [-0.05, 0) is 38.0 Å². The topological polar surface area (TPSA) is 46.5 Å². The zero-order chi connectivity index (χ0) is 11.4. The number of aryl methyl sites for hydroxylation is 1. The highest BCUT2D eigenvalue weighted by atomic mass is 16.5. The molecule has 0 aliphatic rings. The first kappa shape index (κ1) is 11.6. The van der Waals surface area contributed by atoms with Crippen LogP contribution in [0.4, 0.5) is 0 Å². The van der Waals surface area contributed by atoms with E-state index in [1.807, 2.05) is 26.8 Å². The first-order chi connectivity index (χ1) is 7.04. The Kier molecular flexibility index (Phi) is 3.72. The lowest BCUT2D eigenvalue weighted by Crippen LogP contribution is -2.10. The zero-order valence-corrected chi connectivity index (χ0v) is 9.28. The Morgan fingerprint density at radius 2 is 2.13 bits per heavy atom. The maximum Gasteiger partial charge on any atom is 0.339 e. The normalized spacial score (nSPS) is 10.4. The van der Waals surface area contributed by atoms with Crippen molar-refractivity contribution in [2.75, 3.05) is 0 Å². The van der Waals surface area contributed by atoms with E-state index in [-0.39, 0.29) is 11.7 Å². The lowest BCUT2D eigenvalue weighted by atomic mass is 10.1. The number of ether oxygens (including phenoxy) is 1. The molecule has 3 nitrogen and oxygen atoms in total. The van der Waals surface area contributed by atoms with Gasteiger partial charge in [0.1, 0.15) is 11.3 Å². The molecule has 1 aromatic carbocycles. The molecule has 1 N–H and O–H groups in total. The molecule has 0 aliphatic heterocycles. The SMILES string of the molecule is CCc1ccc(C(=O)O)c(OC(C)C)c1. The van der Waals surface area contributed by atoms with Crippen molar-refractivity contribution in [3.63, 3.8) is 0 Å². The van der Waals surface area contributed by atoms with Crippen molar-refractivity contribution in [2.45, 2.75) is 33.3 Å². The van der Waals surface area contributed by atoms with Crippen LogP contribution in [0.5, 0.6) is 5.75 Å². The number of carboxylic acid groups (broad SMARTS) is 1. The Morgan fingerprint density at radius 1 is 1.47 bits per heavy atom. The molecular weight excluding hydrogens is 192 g/mol. The van der Waals surface area contributed by atoms with Gasteiger partial charge in [0, 0.05) is 0 Å². The van der Waals surface area contributed by atoms with Crippen LogP contribution >= 0.6 is 0 Å². The minimum absolute atomic E-state index is 0.0183. The molecule has 15 heavy (non-hydrogen) atoms. The number of benzene rings is 1. The summed E-state index contributed by atoms with van der Waals surface area (Å²) in [5.74, 6) is -0.495. The summed E-state index contributed by atoms with van der Waals surface area (Å²) in [4.78, 5) is 10.9. The van der Waals surface area contributed by atoms with Crippen LogP contribution in [0, 0.1) is 0 Å². The number of hydrogen-bond acceptors (Lipinski definition) is 2. The van der Waals surface area contributed by atoms with Crippen LogP contribution in [0.25, 0.3) is 0 Å². The standard InChI is InChI=1S/C12H16O3/c1-4-9-5-6-10(12(13)14)11(7-9)15-8(2)3/h5-8H,4H2,1-3H3,(H,13,14). The molecule has 0 bridgehead atoms. The van der Waals surface area contributed by atoms with Gasteiger partial charge in [-0.2, -0.15) is 0 Å². The Labute approximate surface area is 89.7 Å². The summed E-state index contributed by atoms with van der Waals surface area (Å²) in [6, 6.07) is 5.21. The van der Waals surface area contributed by atoms with Crippen molar-refractivity contribution in [3.05, 3.63) is 29.3 Å². The van der Waals surface area contributed by atoms with Crippen LogP contribution in [0.1, 0.15) is 36.7 Å². The van der Waals surface area contributed by atoms with E-state index in [2.05, 4.69) is 0 Å². The lowest BCUT2D eigenvalue weighted by molar-refractivity contribution is 0.0690. The van der Waals surface area contributed by atoms with E-state index < -0.39 is 5.97 Å². The zero-order valence-electron chi connectivity index (χ0n) is 9.28. The van der Waals surface area contributed by atoms with Gasteiger partial charge in [0.2, 0.25) is 0 Å². The van der Waals surface area contributed by atoms with Gasteiger partial charge in [0.25, 0.3) is 0 Å². The van der Waals surface area contributed by atoms with E-state index in [0.29, 0.717) is 5.75 Å². The van der Waals surface area contributed by atoms with Gasteiger partial charge in [-0.15, -0.1) is 0 Å². The first-order valence-electron chi connectivity index (χ1n) is 5.07. The molecule has 0 atom stereocenters. The predicted octanol–water partition coefficient (Wildman–Crippen LogP) is 2.73. The molecular formula is C12H16O3. The second-order valence-electron chi connectivity index (χ2n) is 3.66. The molecule has 0 spiro atoms. The molecule has 0 fully saturated rings. The first-order valence-corrected chi connectivity index (χ1v) is 5.07. The summed E-state index contributed by atoms with van der Waals surface area (Å²) in [6.45, 7) is 5.78. The largest absolute Gasteiger partial charge is 0.490 e. The van der Waals surface area contributed by atoms with E-state index in [9.17, 15) is 4.79 Å². The summed E-state index contributed by atoms with van der Waals surface area (Å²) in [5.41, 5.74) is 1.30. The Bertz CT molecular complexity index is 356. The number of carbonyl (C=O) groups is 1. The highest BCUT2D eigenvalue weighted by Gasteiger charge is 2.12. The molecule has 0 aromatic heterocycles.